The van der Waals surface area contributed by atoms with Crippen LogP contribution in [0, 0.1) is 0 Å². The molecule has 1 saturated carbocycles. The zero-order valence-electron chi connectivity index (χ0n) is 20.0. The highest BCUT2D eigenvalue weighted by Crippen LogP contribution is 2.32. The summed E-state index contributed by atoms with van der Waals surface area (Å²) in [5.74, 6) is 2.66. The first-order valence-corrected chi connectivity index (χ1v) is 12.1. The van der Waals surface area contributed by atoms with Crippen LogP contribution in [0.5, 0.6) is 23.0 Å². The molecule has 0 atom stereocenters. The second kappa shape index (κ2) is 11.8. The van der Waals surface area contributed by atoms with E-state index in [0.29, 0.717) is 41.8 Å². The molecule has 0 bridgehead atoms. The van der Waals surface area contributed by atoms with E-state index in [1.54, 1.807) is 20.4 Å². The fourth-order valence-electron chi connectivity index (χ4n) is 4.06. The number of methoxy groups -OCH3 is 2. The summed E-state index contributed by atoms with van der Waals surface area (Å²) in [5, 5.41) is 7.48. The lowest BCUT2D eigenvalue weighted by Gasteiger charge is -2.17. The van der Waals surface area contributed by atoms with Gasteiger partial charge in [0, 0.05) is 6.54 Å². The number of aromatic nitrogens is 2. The lowest BCUT2D eigenvalue weighted by Crippen LogP contribution is -2.25. The summed E-state index contributed by atoms with van der Waals surface area (Å²) >= 11 is 6.36. The van der Waals surface area contributed by atoms with Gasteiger partial charge in [0.2, 0.25) is 0 Å². The summed E-state index contributed by atoms with van der Waals surface area (Å²) in [6.07, 6.45) is 6.19. The van der Waals surface area contributed by atoms with Gasteiger partial charge in [-0.05, 0) is 55.5 Å². The van der Waals surface area contributed by atoms with Crippen LogP contribution in [0.1, 0.15) is 31.2 Å². The predicted octanol–water partition coefficient (Wildman–Crippen LogP) is 4.77. The third-order valence-electron chi connectivity index (χ3n) is 5.89. The minimum atomic E-state index is -0.378. The molecule has 2 aromatic carbocycles. The summed E-state index contributed by atoms with van der Waals surface area (Å²) in [6, 6.07) is 13.1. The molecule has 1 aliphatic rings. The van der Waals surface area contributed by atoms with Crippen molar-refractivity contribution in [3.05, 3.63) is 69.6 Å². The molecule has 0 spiro atoms. The number of hydrogen-bond donors (Lipinski definition) is 1. The Morgan fingerprint density at radius 2 is 1.74 bits per heavy atom. The molecule has 0 amide bonds. The second-order valence-corrected chi connectivity index (χ2v) is 8.65. The van der Waals surface area contributed by atoms with Crippen LogP contribution in [0.15, 0.2) is 53.5 Å². The Balaban J connectivity index is 1.39. The number of nitrogens with one attached hydrogen (secondary N) is 1. The van der Waals surface area contributed by atoms with E-state index < -0.39 is 0 Å². The number of halogens is 1. The molecule has 3 aromatic rings. The van der Waals surface area contributed by atoms with Crippen molar-refractivity contribution in [2.24, 2.45) is 0 Å². The lowest BCUT2D eigenvalue weighted by atomic mass is 10.2. The molecule has 0 saturated heterocycles. The van der Waals surface area contributed by atoms with Gasteiger partial charge in [-0.1, -0.05) is 29.8 Å². The molecule has 8 nitrogen and oxygen atoms in total. The number of nitrogens with zero attached hydrogens (tertiary/aromatic N) is 2. The van der Waals surface area contributed by atoms with Crippen LogP contribution >= 0.6 is 11.6 Å². The average molecular weight is 500 g/mol. The Hall–Kier alpha value is -3.39. The highest BCUT2D eigenvalue weighted by molar-refractivity contribution is 6.32. The van der Waals surface area contributed by atoms with E-state index in [1.807, 2.05) is 42.5 Å². The molecular weight excluding hydrogens is 470 g/mol. The van der Waals surface area contributed by atoms with E-state index >= 15 is 0 Å². The van der Waals surface area contributed by atoms with Crippen LogP contribution in [-0.4, -0.2) is 43.3 Å². The van der Waals surface area contributed by atoms with Gasteiger partial charge >= 0.3 is 0 Å². The molecule has 186 valence electrons. The first-order valence-electron chi connectivity index (χ1n) is 11.7. The van der Waals surface area contributed by atoms with Crippen molar-refractivity contribution >= 4 is 17.3 Å². The van der Waals surface area contributed by atoms with Crippen LogP contribution in [0.2, 0.25) is 5.02 Å². The quantitative estimate of drug-likeness (QED) is 0.380. The van der Waals surface area contributed by atoms with Gasteiger partial charge in [0.1, 0.15) is 11.6 Å². The van der Waals surface area contributed by atoms with E-state index in [0.717, 1.165) is 18.4 Å². The van der Waals surface area contributed by atoms with Crippen LogP contribution in [0.25, 0.3) is 0 Å². The van der Waals surface area contributed by atoms with Crippen LogP contribution in [0.4, 0.5) is 5.69 Å². The molecular formula is C26H30ClN3O5. The molecule has 35 heavy (non-hydrogen) atoms. The molecule has 4 rings (SSSR count). The number of para-hydroxylation sites is 2. The maximum Gasteiger partial charge on any atom is 0.287 e. The van der Waals surface area contributed by atoms with Gasteiger partial charge in [-0.2, -0.15) is 5.10 Å². The second-order valence-electron chi connectivity index (χ2n) is 8.27. The summed E-state index contributed by atoms with van der Waals surface area (Å²) < 4.78 is 24.0. The minimum Gasteiger partial charge on any atom is -0.493 e. The maximum atomic E-state index is 12.8. The van der Waals surface area contributed by atoms with Crippen molar-refractivity contribution in [3.8, 4) is 23.0 Å². The number of hydrogen-bond acceptors (Lipinski definition) is 7. The molecule has 9 heteroatoms. The van der Waals surface area contributed by atoms with Crippen molar-refractivity contribution in [2.45, 2.75) is 38.3 Å². The standard InChI is InChI=1S/C26H30ClN3O5/c1-32-21-9-5-6-10-23(21)34-14-13-28-20-16-29-30(26(31)25(20)27)17-18-11-12-22(33-2)24(15-18)35-19-7-3-4-8-19/h5-6,9-12,15-16,19,28H,3-4,7-8,13-14,17H2,1-2H3. The van der Waals surface area contributed by atoms with Crippen molar-refractivity contribution in [1.82, 2.24) is 9.78 Å². The number of rotatable bonds is 11. The molecule has 1 N–H and O–H groups in total. The molecule has 0 unspecified atom stereocenters. The Kier molecular flexibility index (Phi) is 8.36. The summed E-state index contributed by atoms with van der Waals surface area (Å²) in [7, 11) is 3.21. The largest absolute Gasteiger partial charge is 0.493 e. The number of anilines is 1. The fraction of sp³-hybridized carbons (Fsp3) is 0.385. The van der Waals surface area contributed by atoms with Crippen LogP contribution < -0.4 is 29.8 Å². The van der Waals surface area contributed by atoms with Gasteiger partial charge in [-0.15, -0.1) is 0 Å². The van der Waals surface area contributed by atoms with E-state index in [2.05, 4.69) is 10.4 Å². The van der Waals surface area contributed by atoms with Crippen molar-refractivity contribution in [1.29, 1.82) is 0 Å². The third kappa shape index (κ3) is 6.19. The Morgan fingerprint density at radius 1 is 1.03 bits per heavy atom. The number of benzene rings is 2. The summed E-state index contributed by atoms with van der Waals surface area (Å²) in [5.41, 5.74) is 0.948. The molecule has 1 aromatic heterocycles. The SMILES string of the molecule is COc1ccccc1OCCNc1cnn(Cc2ccc(OC)c(OC3CCCC3)c2)c(=O)c1Cl. The molecule has 0 aliphatic heterocycles. The normalized spacial score (nSPS) is 13.5. The molecule has 1 heterocycles. The van der Waals surface area contributed by atoms with Crippen LogP contribution in [0.3, 0.4) is 0 Å². The summed E-state index contributed by atoms with van der Waals surface area (Å²) in [6.45, 7) is 1.05. The van der Waals surface area contributed by atoms with E-state index in [9.17, 15) is 4.79 Å². The van der Waals surface area contributed by atoms with Gasteiger partial charge in [-0.3, -0.25) is 4.79 Å². The zero-order chi connectivity index (χ0) is 24.6. The van der Waals surface area contributed by atoms with Crippen molar-refractivity contribution < 1.29 is 18.9 Å². The Bertz CT molecular complexity index is 1190. The van der Waals surface area contributed by atoms with Gasteiger partial charge in [0.25, 0.3) is 5.56 Å². The minimum absolute atomic E-state index is 0.0771. The first-order chi connectivity index (χ1) is 17.1. The van der Waals surface area contributed by atoms with Gasteiger partial charge in [0.05, 0.1) is 38.8 Å². The Labute approximate surface area is 209 Å². The molecule has 1 fully saturated rings. The third-order valence-corrected chi connectivity index (χ3v) is 6.25. The van der Waals surface area contributed by atoms with Gasteiger partial charge in [-0.25, -0.2) is 4.68 Å². The van der Waals surface area contributed by atoms with Gasteiger partial charge in [0.15, 0.2) is 23.0 Å². The van der Waals surface area contributed by atoms with E-state index in [-0.39, 0.29) is 23.2 Å². The zero-order valence-corrected chi connectivity index (χ0v) is 20.7. The smallest absolute Gasteiger partial charge is 0.287 e. The monoisotopic (exact) mass is 499 g/mol. The van der Waals surface area contributed by atoms with Crippen molar-refractivity contribution in [2.75, 3.05) is 32.7 Å². The Morgan fingerprint density at radius 3 is 2.49 bits per heavy atom. The summed E-state index contributed by atoms with van der Waals surface area (Å²) in [4.78, 5) is 12.8. The maximum absolute atomic E-state index is 12.8. The lowest BCUT2D eigenvalue weighted by molar-refractivity contribution is 0.200. The van der Waals surface area contributed by atoms with Crippen LogP contribution in [-0.2, 0) is 6.54 Å². The van der Waals surface area contributed by atoms with Crippen molar-refractivity contribution in [3.63, 3.8) is 0 Å². The average Bonchev–Trinajstić information content (AvgIpc) is 3.39. The highest BCUT2D eigenvalue weighted by Gasteiger charge is 2.19. The van der Waals surface area contributed by atoms with Gasteiger partial charge < -0.3 is 24.3 Å². The highest BCUT2D eigenvalue weighted by atomic mass is 35.5. The van der Waals surface area contributed by atoms with E-state index in [1.165, 1.54) is 17.5 Å². The molecule has 0 radical (unpaired) electrons. The first kappa shape index (κ1) is 24.7. The number of ether oxygens (including phenoxy) is 4. The van der Waals surface area contributed by atoms with E-state index in [4.69, 9.17) is 30.5 Å². The topological polar surface area (TPSA) is 83.8 Å². The molecule has 1 aliphatic carbocycles. The fourth-order valence-corrected chi connectivity index (χ4v) is 4.27. The predicted molar refractivity (Wildman–Crippen MR) is 135 cm³/mol.